The Morgan fingerprint density at radius 1 is 1.03 bits per heavy atom. The van der Waals surface area contributed by atoms with Gasteiger partial charge < -0.3 is 4.57 Å². The van der Waals surface area contributed by atoms with Gasteiger partial charge in [0.25, 0.3) is 15.9 Å². The fourth-order valence-electron chi connectivity index (χ4n) is 3.01. The maximum absolute atomic E-state index is 13.0. The van der Waals surface area contributed by atoms with Gasteiger partial charge in [-0.2, -0.15) is 4.99 Å². The number of halogens is 1. The highest BCUT2D eigenvalue weighted by Crippen LogP contribution is 2.19. The molecule has 0 spiro atoms. The Morgan fingerprint density at radius 2 is 1.71 bits per heavy atom. The number of anilines is 1. The standard InChI is InChI=1S/C22H18FN3O3S2/c1-14-3-12-19-20(13-14)30-22(26(19)2)24-21(27)15-4-8-17(9-5-15)25-31(28,29)18-10-6-16(23)7-11-18/h3-13,25H,1-2H3. The minimum Gasteiger partial charge on any atom is -0.319 e. The summed E-state index contributed by atoms with van der Waals surface area (Å²) in [6, 6.07) is 16.5. The second kappa shape index (κ2) is 8.09. The minimum atomic E-state index is -3.86. The summed E-state index contributed by atoms with van der Waals surface area (Å²) in [5.41, 5.74) is 2.74. The molecule has 0 saturated heterocycles. The van der Waals surface area contributed by atoms with Crippen LogP contribution in [0, 0.1) is 12.7 Å². The van der Waals surface area contributed by atoms with Crippen LogP contribution in [0.25, 0.3) is 10.2 Å². The smallest absolute Gasteiger partial charge is 0.279 e. The van der Waals surface area contributed by atoms with Crippen LogP contribution in [0.4, 0.5) is 10.1 Å². The quantitative estimate of drug-likeness (QED) is 0.500. The largest absolute Gasteiger partial charge is 0.319 e. The molecule has 0 fully saturated rings. The van der Waals surface area contributed by atoms with Crippen molar-refractivity contribution in [3.63, 3.8) is 0 Å². The molecule has 1 aromatic heterocycles. The third kappa shape index (κ3) is 4.42. The molecule has 3 aromatic carbocycles. The number of rotatable bonds is 4. The number of thiazole rings is 1. The maximum Gasteiger partial charge on any atom is 0.279 e. The van der Waals surface area contributed by atoms with Crippen molar-refractivity contribution < 1.29 is 17.6 Å². The molecule has 0 aliphatic carbocycles. The summed E-state index contributed by atoms with van der Waals surface area (Å²) >= 11 is 1.43. The average Bonchev–Trinajstić information content (AvgIpc) is 3.03. The van der Waals surface area contributed by atoms with E-state index in [-0.39, 0.29) is 10.6 Å². The van der Waals surface area contributed by atoms with Crippen LogP contribution in [0.1, 0.15) is 15.9 Å². The molecule has 158 valence electrons. The maximum atomic E-state index is 13.0. The van der Waals surface area contributed by atoms with Gasteiger partial charge in [-0.1, -0.05) is 17.4 Å². The number of nitrogens with zero attached hydrogens (tertiary/aromatic N) is 2. The molecule has 0 aliphatic heterocycles. The number of hydrogen-bond donors (Lipinski definition) is 1. The molecule has 0 bridgehead atoms. The lowest BCUT2D eigenvalue weighted by Crippen LogP contribution is -2.14. The zero-order valence-electron chi connectivity index (χ0n) is 16.7. The Hall–Kier alpha value is -3.30. The van der Waals surface area contributed by atoms with Gasteiger partial charge >= 0.3 is 0 Å². The molecular weight excluding hydrogens is 437 g/mol. The van der Waals surface area contributed by atoms with Crippen molar-refractivity contribution in [2.75, 3.05) is 4.72 Å². The third-order valence-corrected chi connectivity index (χ3v) is 7.16. The van der Waals surface area contributed by atoms with E-state index < -0.39 is 21.7 Å². The molecule has 31 heavy (non-hydrogen) atoms. The number of carbonyl (C=O) groups excluding carboxylic acids is 1. The Balaban J connectivity index is 1.57. The van der Waals surface area contributed by atoms with Gasteiger partial charge in [0.1, 0.15) is 5.82 Å². The van der Waals surface area contributed by atoms with Crippen molar-refractivity contribution in [2.45, 2.75) is 11.8 Å². The number of fused-ring (bicyclic) bond motifs is 1. The van der Waals surface area contributed by atoms with E-state index in [9.17, 15) is 17.6 Å². The van der Waals surface area contributed by atoms with Crippen LogP contribution >= 0.6 is 11.3 Å². The van der Waals surface area contributed by atoms with Gasteiger partial charge in [-0.3, -0.25) is 9.52 Å². The predicted octanol–water partition coefficient (Wildman–Crippen LogP) is 4.23. The van der Waals surface area contributed by atoms with E-state index in [0.717, 1.165) is 27.9 Å². The topological polar surface area (TPSA) is 80.5 Å². The molecule has 4 aromatic rings. The number of nitrogens with one attached hydrogen (secondary N) is 1. The van der Waals surface area contributed by atoms with Crippen LogP contribution in [0.5, 0.6) is 0 Å². The first kappa shape index (κ1) is 21.0. The van der Waals surface area contributed by atoms with Crippen molar-refractivity contribution in [2.24, 2.45) is 12.0 Å². The van der Waals surface area contributed by atoms with Gasteiger partial charge in [0.2, 0.25) is 0 Å². The number of aryl methyl sites for hydroxylation is 2. The highest BCUT2D eigenvalue weighted by Gasteiger charge is 2.15. The van der Waals surface area contributed by atoms with Gasteiger partial charge in [0, 0.05) is 18.3 Å². The summed E-state index contributed by atoms with van der Waals surface area (Å²) in [5, 5.41) is 0. The van der Waals surface area contributed by atoms with Crippen LogP contribution in [0.15, 0.2) is 76.6 Å². The lowest BCUT2D eigenvalue weighted by Gasteiger charge is -2.08. The van der Waals surface area contributed by atoms with E-state index in [2.05, 4.69) is 9.71 Å². The molecular formula is C22H18FN3O3S2. The minimum absolute atomic E-state index is 0.0587. The summed E-state index contributed by atoms with van der Waals surface area (Å²) in [6.45, 7) is 2.01. The predicted molar refractivity (Wildman–Crippen MR) is 119 cm³/mol. The van der Waals surface area contributed by atoms with Gasteiger partial charge in [0.05, 0.1) is 15.1 Å². The molecule has 6 nitrogen and oxygen atoms in total. The fourth-order valence-corrected chi connectivity index (χ4v) is 5.18. The van der Waals surface area contributed by atoms with Crippen LogP contribution in [0.2, 0.25) is 0 Å². The summed E-state index contributed by atoms with van der Waals surface area (Å²) in [5.74, 6) is -0.945. The zero-order valence-corrected chi connectivity index (χ0v) is 18.3. The second-order valence-corrected chi connectivity index (χ2v) is 9.66. The molecule has 4 rings (SSSR count). The molecule has 1 N–H and O–H groups in total. The average molecular weight is 456 g/mol. The molecule has 1 heterocycles. The van der Waals surface area contributed by atoms with E-state index in [1.165, 1.54) is 47.7 Å². The van der Waals surface area contributed by atoms with Crippen molar-refractivity contribution in [1.82, 2.24) is 4.57 Å². The summed E-state index contributed by atoms with van der Waals surface area (Å²) < 4.78 is 43.1. The van der Waals surface area contributed by atoms with Crippen molar-refractivity contribution in [3.8, 4) is 0 Å². The zero-order chi connectivity index (χ0) is 22.2. The number of sulfonamides is 1. The number of hydrogen-bond acceptors (Lipinski definition) is 4. The third-order valence-electron chi connectivity index (χ3n) is 4.67. The number of amides is 1. The lowest BCUT2D eigenvalue weighted by atomic mass is 10.2. The van der Waals surface area contributed by atoms with Crippen LogP contribution in [-0.2, 0) is 17.1 Å². The van der Waals surface area contributed by atoms with Gasteiger partial charge in [0.15, 0.2) is 4.80 Å². The second-order valence-electron chi connectivity index (χ2n) is 6.97. The summed E-state index contributed by atoms with van der Waals surface area (Å²) in [7, 11) is -2.01. The Morgan fingerprint density at radius 3 is 2.39 bits per heavy atom. The molecule has 0 aliphatic rings. The molecule has 0 radical (unpaired) electrons. The van der Waals surface area contributed by atoms with E-state index in [1.54, 1.807) is 0 Å². The van der Waals surface area contributed by atoms with Crippen LogP contribution in [-0.4, -0.2) is 18.9 Å². The van der Waals surface area contributed by atoms with Gasteiger partial charge in [-0.25, -0.2) is 12.8 Å². The van der Waals surface area contributed by atoms with E-state index in [1.807, 2.05) is 36.7 Å². The van der Waals surface area contributed by atoms with E-state index >= 15 is 0 Å². The highest BCUT2D eigenvalue weighted by molar-refractivity contribution is 7.92. The monoisotopic (exact) mass is 455 g/mol. The van der Waals surface area contributed by atoms with E-state index in [4.69, 9.17) is 0 Å². The number of aromatic nitrogens is 1. The Bertz CT molecular complexity index is 1450. The Labute approximate surface area is 182 Å². The van der Waals surface area contributed by atoms with E-state index in [0.29, 0.717) is 10.4 Å². The first-order valence-corrected chi connectivity index (χ1v) is 11.6. The molecule has 9 heteroatoms. The van der Waals surface area contributed by atoms with Gasteiger partial charge in [-0.05, 0) is 73.2 Å². The van der Waals surface area contributed by atoms with Crippen molar-refractivity contribution in [3.05, 3.63) is 88.5 Å². The first-order valence-electron chi connectivity index (χ1n) is 9.27. The van der Waals surface area contributed by atoms with Crippen molar-refractivity contribution in [1.29, 1.82) is 0 Å². The summed E-state index contributed by atoms with van der Waals surface area (Å²) in [6.07, 6.45) is 0. The van der Waals surface area contributed by atoms with Crippen molar-refractivity contribution >= 4 is 43.2 Å². The fraction of sp³-hybridized carbons (Fsp3) is 0.0909. The normalized spacial score (nSPS) is 12.3. The van der Waals surface area contributed by atoms with Gasteiger partial charge in [-0.15, -0.1) is 0 Å². The Kier molecular flexibility index (Phi) is 5.47. The highest BCUT2D eigenvalue weighted by atomic mass is 32.2. The van der Waals surface area contributed by atoms with Crippen LogP contribution < -0.4 is 9.52 Å². The lowest BCUT2D eigenvalue weighted by molar-refractivity contribution is 0.0998. The number of benzene rings is 3. The summed E-state index contributed by atoms with van der Waals surface area (Å²) in [4.78, 5) is 17.4. The molecule has 0 atom stereocenters. The molecule has 1 amide bonds. The molecule has 0 unspecified atom stereocenters. The SMILES string of the molecule is Cc1ccc2c(c1)sc(=NC(=O)c1ccc(NS(=O)(=O)c3ccc(F)cc3)cc1)n2C. The van der Waals surface area contributed by atoms with Crippen LogP contribution in [0.3, 0.4) is 0 Å². The first-order chi connectivity index (χ1) is 14.7. The molecule has 0 saturated carbocycles. The number of carbonyl (C=O) groups is 1.